The molecule has 0 aliphatic carbocycles. The van der Waals surface area contributed by atoms with E-state index in [1.54, 1.807) is 27.9 Å². The van der Waals surface area contributed by atoms with Crippen LogP contribution in [0.25, 0.3) is 0 Å². The summed E-state index contributed by atoms with van der Waals surface area (Å²) in [5.41, 5.74) is 0. The molecule has 1 rings (SSSR count). The predicted molar refractivity (Wildman–Crippen MR) is 88.7 cm³/mol. The van der Waals surface area contributed by atoms with E-state index in [2.05, 4.69) is 10.3 Å². The van der Waals surface area contributed by atoms with Gasteiger partial charge in [0.25, 0.3) is 0 Å². The number of amides is 1. The van der Waals surface area contributed by atoms with Gasteiger partial charge < -0.3 is 15.1 Å². The molecule has 0 aromatic rings. The smallest absolute Gasteiger partial charge is 0.243 e. The van der Waals surface area contributed by atoms with Gasteiger partial charge in [0, 0.05) is 33.2 Å². The van der Waals surface area contributed by atoms with E-state index in [0.29, 0.717) is 19.0 Å². The van der Waals surface area contributed by atoms with E-state index in [-0.39, 0.29) is 24.2 Å². The van der Waals surface area contributed by atoms with Gasteiger partial charge in [-0.3, -0.25) is 4.79 Å². The van der Waals surface area contributed by atoms with Crippen LogP contribution in [0.2, 0.25) is 0 Å². The summed E-state index contributed by atoms with van der Waals surface area (Å²) in [7, 11) is 0.269. The third-order valence-corrected chi connectivity index (χ3v) is 6.16. The largest absolute Gasteiger partial charge is 0.354 e. The van der Waals surface area contributed by atoms with Crippen molar-refractivity contribution in [3.63, 3.8) is 0 Å². The predicted octanol–water partition coefficient (Wildman–Crippen LogP) is -0.0624. The molecule has 0 unspecified atom stereocenters. The van der Waals surface area contributed by atoms with Gasteiger partial charge in [0.05, 0.1) is 10.5 Å². The number of rotatable bonds is 3. The van der Waals surface area contributed by atoms with Crippen molar-refractivity contribution in [2.24, 2.45) is 4.99 Å². The molecule has 0 bridgehead atoms. The van der Waals surface area contributed by atoms with Crippen LogP contribution in [0.5, 0.6) is 0 Å². The lowest BCUT2D eigenvalue weighted by molar-refractivity contribution is -0.127. The maximum atomic E-state index is 12.1. The summed E-state index contributed by atoms with van der Waals surface area (Å²) in [4.78, 5) is 19.5. The molecule has 1 aliphatic heterocycles. The number of likely N-dealkylation sites (N-methyl/N-ethyl adjacent to an activating group) is 1. The first-order valence-corrected chi connectivity index (χ1v) is 9.10. The third kappa shape index (κ3) is 4.59. The Morgan fingerprint density at radius 3 is 2.41 bits per heavy atom. The van der Waals surface area contributed by atoms with Gasteiger partial charge >= 0.3 is 0 Å². The van der Waals surface area contributed by atoms with E-state index in [0.717, 1.165) is 0 Å². The second-order valence-corrected chi connectivity index (χ2v) is 9.47. The van der Waals surface area contributed by atoms with E-state index >= 15 is 0 Å². The van der Waals surface area contributed by atoms with Gasteiger partial charge in [0.2, 0.25) is 5.91 Å². The molecule has 1 heterocycles. The number of hydrogen-bond acceptors (Lipinski definition) is 4. The molecular formula is C14H28N4O3S. The molecule has 128 valence electrons. The zero-order chi connectivity index (χ0) is 17.1. The molecule has 1 fully saturated rings. The first kappa shape index (κ1) is 18.7. The zero-order valence-electron chi connectivity index (χ0n) is 14.4. The van der Waals surface area contributed by atoms with Crippen LogP contribution in [0.4, 0.5) is 0 Å². The lowest BCUT2D eigenvalue weighted by atomic mass is 10.2. The molecule has 0 atom stereocenters. The highest BCUT2D eigenvalue weighted by Gasteiger charge is 2.41. The number of guanidine groups is 1. The van der Waals surface area contributed by atoms with Gasteiger partial charge in [-0.25, -0.2) is 13.4 Å². The average Bonchev–Trinajstić information content (AvgIpc) is 2.36. The minimum absolute atomic E-state index is 0.0474. The normalized spacial score (nSPS) is 20.9. The Morgan fingerprint density at radius 2 is 1.95 bits per heavy atom. The summed E-state index contributed by atoms with van der Waals surface area (Å²) in [5.74, 6) is 0.598. The van der Waals surface area contributed by atoms with Gasteiger partial charge in [-0.1, -0.05) is 0 Å². The van der Waals surface area contributed by atoms with E-state index in [1.807, 2.05) is 18.7 Å². The van der Waals surface area contributed by atoms with Gasteiger partial charge in [0.15, 0.2) is 15.8 Å². The monoisotopic (exact) mass is 332 g/mol. The third-order valence-electron chi connectivity index (χ3n) is 3.62. The molecule has 22 heavy (non-hydrogen) atoms. The Bertz CT molecular complexity index is 538. The lowest BCUT2D eigenvalue weighted by Crippen LogP contribution is -2.58. The minimum Gasteiger partial charge on any atom is -0.354 e. The first-order valence-electron chi connectivity index (χ1n) is 7.44. The Morgan fingerprint density at radius 1 is 1.36 bits per heavy atom. The van der Waals surface area contributed by atoms with E-state index in [9.17, 15) is 13.2 Å². The van der Waals surface area contributed by atoms with E-state index < -0.39 is 14.6 Å². The molecule has 1 amide bonds. The van der Waals surface area contributed by atoms with Crippen molar-refractivity contribution in [3.05, 3.63) is 0 Å². The van der Waals surface area contributed by atoms with Crippen LogP contribution < -0.4 is 5.32 Å². The van der Waals surface area contributed by atoms with Gasteiger partial charge in [-0.2, -0.15) is 0 Å². The molecule has 0 aromatic heterocycles. The van der Waals surface area contributed by atoms with Crippen molar-refractivity contribution in [1.29, 1.82) is 0 Å². The highest BCUT2D eigenvalue weighted by atomic mass is 32.2. The SMILES string of the molecule is CC(C)NC(=NCC(=O)N(C)C)N1CCS(=O)(=O)C(C)(C)C1. The number of carbonyl (C=O) groups excluding carboxylic acids is 1. The van der Waals surface area contributed by atoms with Crippen LogP contribution in [0.15, 0.2) is 4.99 Å². The summed E-state index contributed by atoms with van der Waals surface area (Å²) >= 11 is 0. The van der Waals surface area contributed by atoms with Crippen LogP contribution >= 0.6 is 0 Å². The molecule has 8 heteroatoms. The highest BCUT2D eigenvalue weighted by Crippen LogP contribution is 2.23. The van der Waals surface area contributed by atoms with Crippen LogP contribution in [0.1, 0.15) is 27.7 Å². The summed E-state index contributed by atoms with van der Waals surface area (Å²) in [5, 5.41) is 3.22. The van der Waals surface area contributed by atoms with Crippen molar-refractivity contribution >= 4 is 21.7 Å². The van der Waals surface area contributed by atoms with Crippen LogP contribution in [0.3, 0.4) is 0 Å². The first-order chi connectivity index (χ1) is 9.96. The molecule has 0 spiro atoms. The average molecular weight is 332 g/mol. The van der Waals surface area contributed by atoms with Crippen molar-refractivity contribution in [2.75, 3.05) is 39.5 Å². The molecule has 0 radical (unpaired) electrons. The summed E-state index contributed by atoms with van der Waals surface area (Å²) < 4.78 is 23.4. The number of nitrogens with zero attached hydrogens (tertiary/aromatic N) is 3. The number of sulfone groups is 1. The van der Waals surface area contributed by atoms with Crippen LogP contribution in [-0.2, 0) is 14.6 Å². The molecule has 0 aromatic carbocycles. The minimum atomic E-state index is -3.10. The van der Waals surface area contributed by atoms with Crippen molar-refractivity contribution in [1.82, 2.24) is 15.1 Å². The second kappa shape index (κ2) is 6.85. The zero-order valence-corrected chi connectivity index (χ0v) is 15.2. The van der Waals surface area contributed by atoms with Crippen molar-refractivity contribution in [3.8, 4) is 0 Å². The Balaban J connectivity index is 2.94. The molecule has 1 N–H and O–H groups in total. The number of aliphatic imine (C=N–C) groups is 1. The maximum absolute atomic E-state index is 12.1. The van der Waals surface area contributed by atoms with Gasteiger partial charge in [-0.15, -0.1) is 0 Å². The fraction of sp³-hybridized carbons (Fsp3) is 0.857. The van der Waals surface area contributed by atoms with Gasteiger partial charge in [0.1, 0.15) is 6.54 Å². The Hall–Kier alpha value is -1.31. The molecular weight excluding hydrogens is 304 g/mol. The summed E-state index contributed by atoms with van der Waals surface area (Å²) in [6.07, 6.45) is 0. The topological polar surface area (TPSA) is 82.1 Å². The van der Waals surface area contributed by atoms with Crippen molar-refractivity contribution < 1.29 is 13.2 Å². The number of hydrogen-bond donors (Lipinski definition) is 1. The van der Waals surface area contributed by atoms with E-state index in [1.165, 1.54) is 4.90 Å². The fourth-order valence-electron chi connectivity index (χ4n) is 2.10. The molecule has 0 saturated carbocycles. The summed E-state index contributed by atoms with van der Waals surface area (Å²) in [6, 6.07) is 0.148. The number of nitrogens with one attached hydrogen (secondary N) is 1. The fourth-order valence-corrected chi connectivity index (χ4v) is 3.47. The van der Waals surface area contributed by atoms with E-state index in [4.69, 9.17) is 0 Å². The standard InChI is InChI=1S/C14H28N4O3S/c1-11(2)16-13(15-9-12(19)17(5)6)18-7-8-22(20,21)14(3,4)10-18/h11H,7-10H2,1-6H3,(H,15,16). The lowest BCUT2D eigenvalue weighted by Gasteiger charge is -2.39. The molecule has 7 nitrogen and oxygen atoms in total. The van der Waals surface area contributed by atoms with Crippen LogP contribution in [0, 0.1) is 0 Å². The second-order valence-electron chi connectivity index (χ2n) is 6.73. The van der Waals surface area contributed by atoms with Gasteiger partial charge in [-0.05, 0) is 27.7 Å². The molecule has 1 saturated heterocycles. The van der Waals surface area contributed by atoms with Crippen LogP contribution in [-0.4, -0.2) is 80.4 Å². The maximum Gasteiger partial charge on any atom is 0.243 e. The molecule has 1 aliphatic rings. The number of carbonyl (C=O) groups is 1. The van der Waals surface area contributed by atoms with Crippen molar-refractivity contribution in [2.45, 2.75) is 38.5 Å². The Kier molecular flexibility index (Phi) is 5.83. The summed E-state index contributed by atoms with van der Waals surface area (Å²) in [6.45, 7) is 8.22. The quantitative estimate of drug-likeness (QED) is 0.578. The Labute approximate surface area is 133 Å². The highest BCUT2D eigenvalue weighted by molar-refractivity contribution is 7.92.